The average Bonchev–Trinajstić information content (AvgIpc) is 2.01. The molecule has 2 nitrogen and oxygen atoms in total. The molecule has 0 aromatic heterocycles. The van der Waals surface area contributed by atoms with Crippen molar-refractivity contribution in [2.75, 3.05) is 6.61 Å². The highest BCUT2D eigenvalue weighted by Gasteiger charge is 2.32. The van der Waals surface area contributed by atoms with E-state index in [1.54, 1.807) is 0 Å². The molecule has 0 amide bonds. The lowest BCUT2D eigenvalue weighted by Gasteiger charge is -2.31. The lowest BCUT2D eigenvalue weighted by atomic mass is 9.81. The van der Waals surface area contributed by atoms with Crippen molar-refractivity contribution >= 4 is 5.97 Å². The molecule has 1 rings (SSSR count). The van der Waals surface area contributed by atoms with Crippen molar-refractivity contribution in [2.24, 2.45) is 17.8 Å². The summed E-state index contributed by atoms with van der Waals surface area (Å²) in [4.78, 5) is 11.0. The van der Waals surface area contributed by atoms with E-state index in [0.29, 0.717) is 18.4 Å². The third-order valence-electron chi connectivity index (χ3n) is 2.87. The van der Waals surface area contributed by atoms with Gasteiger partial charge in [0.2, 0.25) is 0 Å². The Bertz CT molecular complexity index is 154. The number of ether oxygens (including phenoxy) is 1. The van der Waals surface area contributed by atoms with Crippen molar-refractivity contribution in [1.82, 2.24) is 0 Å². The summed E-state index contributed by atoms with van der Waals surface area (Å²) in [5.74, 6) is 1.12. The third-order valence-corrected chi connectivity index (χ3v) is 2.87. The second-order valence-electron chi connectivity index (χ2n) is 3.45. The Morgan fingerprint density at radius 3 is 2.73 bits per heavy atom. The zero-order chi connectivity index (χ0) is 8.43. The highest BCUT2D eigenvalue weighted by molar-refractivity contribution is 5.73. The fourth-order valence-electron chi connectivity index (χ4n) is 1.58. The minimum Gasteiger partial charge on any atom is -0.465 e. The predicted octanol–water partition coefficient (Wildman–Crippen LogP) is 1.84. The van der Waals surface area contributed by atoms with Crippen LogP contribution in [0.3, 0.4) is 0 Å². The summed E-state index contributed by atoms with van der Waals surface area (Å²) < 4.78 is 5.03. The van der Waals surface area contributed by atoms with Crippen LogP contribution in [0.25, 0.3) is 0 Å². The van der Waals surface area contributed by atoms with Crippen LogP contribution in [0.2, 0.25) is 0 Å². The topological polar surface area (TPSA) is 26.3 Å². The van der Waals surface area contributed by atoms with Crippen molar-refractivity contribution in [1.29, 1.82) is 0 Å². The summed E-state index contributed by atoms with van der Waals surface area (Å²) in [6.45, 7) is 6.86. The molecule has 3 unspecified atom stereocenters. The van der Waals surface area contributed by atoms with Crippen LogP contribution >= 0.6 is 0 Å². The van der Waals surface area contributed by atoms with Crippen LogP contribution in [0.1, 0.15) is 27.2 Å². The summed E-state index contributed by atoms with van der Waals surface area (Å²) in [5.41, 5.74) is 0. The van der Waals surface area contributed by atoms with Crippen LogP contribution in [0.15, 0.2) is 0 Å². The SMILES string of the molecule is CCC1COC(=O)C(C)C1C. The maximum atomic E-state index is 11.0. The molecule has 11 heavy (non-hydrogen) atoms. The highest BCUT2D eigenvalue weighted by Crippen LogP contribution is 2.29. The quantitative estimate of drug-likeness (QED) is 0.541. The Morgan fingerprint density at radius 2 is 2.18 bits per heavy atom. The van der Waals surface area contributed by atoms with Crippen LogP contribution in [0, 0.1) is 17.8 Å². The molecule has 0 bridgehead atoms. The fourth-order valence-corrected chi connectivity index (χ4v) is 1.58. The lowest BCUT2D eigenvalue weighted by molar-refractivity contribution is -0.159. The molecule has 2 heteroatoms. The first-order chi connectivity index (χ1) is 5.16. The van der Waals surface area contributed by atoms with Gasteiger partial charge in [0.15, 0.2) is 0 Å². The second-order valence-corrected chi connectivity index (χ2v) is 3.45. The number of carbonyl (C=O) groups excluding carboxylic acids is 1. The van der Waals surface area contributed by atoms with Crippen molar-refractivity contribution in [2.45, 2.75) is 27.2 Å². The minimum atomic E-state index is -0.0257. The highest BCUT2D eigenvalue weighted by atomic mass is 16.5. The molecule has 1 heterocycles. The van der Waals surface area contributed by atoms with Gasteiger partial charge in [-0.1, -0.05) is 20.8 Å². The van der Waals surface area contributed by atoms with E-state index in [9.17, 15) is 4.79 Å². The first kappa shape index (κ1) is 8.57. The van der Waals surface area contributed by atoms with Crippen LogP contribution in [0.5, 0.6) is 0 Å². The number of hydrogen-bond acceptors (Lipinski definition) is 2. The Kier molecular flexibility index (Phi) is 2.53. The number of carbonyl (C=O) groups is 1. The Morgan fingerprint density at radius 1 is 1.55 bits per heavy atom. The molecule has 1 aliphatic heterocycles. The van der Waals surface area contributed by atoms with Gasteiger partial charge in [-0.25, -0.2) is 0 Å². The normalized spacial score (nSPS) is 38.5. The largest absolute Gasteiger partial charge is 0.465 e. The van der Waals surface area contributed by atoms with Crippen molar-refractivity contribution < 1.29 is 9.53 Å². The van der Waals surface area contributed by atoms with Crippen molar-refractivity contribution in [3.05, 3.63) is 0 Å². The van der Waals surface area contributed by atoms with Gasteiger partial charge in [-0.3, -0.25) is 4.79 Å². The summed E-state index contributed by atoms with van der Waals surface area (Å²) in [6.07, 6.45) is 1.11. The Labute approximate surface area is 67.9 Å². The van der Waals surface area contributed by atoms with Crippen molar-refractivity contribution in [3.8, 4) is 0 Å². The molecule has 3 atom stereocenters. The van der Waals surface area contributed by atoms with Crippen LogP contribution in [-0.4, -0.2) is 12.6 Å². The van der Waals surface area contributed by atoms with E-state index in [1.165, 1.54) is 0 Å². The van der Waals surface area contributed by atoms with Gasteiger partial charge in [0, 0.05) is 0 Å². The Balaban J connectivity index is 2.59. The predicted molar refractivity (Wildman–Crippen MR) is 43.1 cm³/mol. The lowest BCUT2D eigenvalue weighted by Crippen LogP contribution is -2.36. The Hall–Kier alpha value is -0.530. The summed E-state index contributed by atoms with van der Waals surface area (Å²) in [5, 5.41) is 0. The van der Waals surface area contributed by atoms with Crippen LogP contribution in [0.4, 0.5) is 0 Å². The van der Waals surface area contributed by atoms with E-state index in [1.807, 2.05) is 6.92 Å². The minimum absolute atomic E-state index is 0.0257. The molecular weight excluding hydrogens is 140 g/mol. The molecule has 0 saturated carbocycles. The van der Waals surface area contributed by atoms with Crippen molar-refractivity contribution in [3.63, 3.8) is 0 Å². The molecule has 0 aromatic rings. The molecule has 1 aliphatic rings. The summed E-state index contributed by atoms with van der Waals surface area (Å²) >= 11 is 0. The molecule has 0 N–H and O–H groups in total. The molecule has 1 saturated heterocycles. The van der Waals surface area contributed by atoms with E-state index in [2.05, 4.69) is 13.8 Å². The van der Waals surface area contributed by atoms with Gasteiger partial charge in [0.05, 0.1) is 12.5 Å². The number of esters is 1. The summed E-state index contributed by atoms with van der Waals surface area (Å²) in [7, 11) is 0. The zero-order valence-electron chi connectivity index (χ0n) is 7.46. The smallest absolute Gasteiger partial charge is 0.308 e. The standard InChI is InChI=1S/C9H16O2/c1-4-8-5-11-9(10)7(3)6(8)2/h6-8H,4-5H2,1-3H3. The van der Waals surface area contributed by atoms with Crippen LogP contribution in [-0.2, 0) is 9.53 Å². The van der Waals surface area contributed by atoms with Gasteiger partial charge in [-0.15, -0.1) is 0 Å². The van der Waals surface area contributed by atoms with E-state index < -0.39 is 0 Å². The molecule has 64 valence electrons. The van der Waals surface area contributed by atoms with Gasteiger partial charge in [-0.05, 0) is 18.3 Å². The third kappa shape index (κ3) is 1.55. The van der Waals surface area contributed by atoms with Gasteiger partial charge in [0.1, 0.15) is 0 Å². The van der Waals surface area contributed by atoms with E-state index in [0.717, 1.165) is 6.42 Å². The van der Waals surface area contributed by atoms with Gasteiger partial charge < -0.3 is 4.74 Å². The van der Waals surface area contributed by atoms with Crippen LogP contribution < -0.4 is 0 Å². The fraction of sp³-hybridized carbons (Fsp3) is 0.889. The number of rotatable bonds is 1. The number of cyclic esters (lactones) is 1. The van der Waals surface area contributed by atoms with Gasteiger partial charge in [0.25, 0.3) is 0 Å². The first-order valence-corrected chi connectivity index (χ1v) is 4.33. The van der Waals surface area contributed by atoms with E-state index in [4.69, 9.17) is 4.74 Å². The molecule has 1 fully saturated rings. The molecule has 0 aliphatic carbocycles. The number of hydrogen-bond donors (Lipinski definition) is 0. The maximum Gasteiger partial charge on any atom is 0.308 e. The maximum absolute atomic E-state index is 11.0. The average molecular weight is 156 g/mol. The first-order valence-electron chi connectivity index (χ1n) is 4.33. The summed E-state index contributed by atoms with van der Waals surface area (Å²) in [6, 6.07) is 0. The molecular formula is C9H16O2. The molecule has 0 spiro atoms. The monoisotopic (exact) mass is 156 g/mol. The van der Waals surface area contributed by atoms with E-state index in [-0.39, 0.29) is 11.9 Å². The second kappa shape index (κ2) is 3.24. The molecule has 0 aromatic carbocycles. The van der Waals surface area contributed by atoms with Gasteiger partial charge in [-0.2, -0.15) is 0 Å². The van der Waals surface area contributed by atoms with E-state index >= 15 is 0 Å². The zero-order valence-corrected chi connectivity index (χ0v) is 7.46. The molecule has 0 radical (unpaired) electrons. The van der Waals surface area contributed by atoms with Gasteiger partial charge >= 0.3 is 5.97 Å².